The van der Waals surface area contributed by atoms with Crippen molar-refractivity contribution in [2.75, 3.05) is 7.11 Å². The van der Waals surface area contributed by atoms with Crippen LogP contribution in [0.15, 0.2) is 24.3 Å². The van der Waals surface area contributed by atoms with Crippen molar-refractivity contribution >= 4 is 0 Å². The fourth-order valence-corrected chi connectivity index (χ4v) is 1.28. The molecule has 0 fully saturated rings. The second-order valence-electron chi connectivity index (χ2n) is 5.39. The fourth-order valence-electron chi connectivity index (χ4n) is 1.28. The van der Waals surface area contributed by atoms with Crippen LogP contribution in [-0.4, -0.2) is 23.4 Å². The number of hydrogen-bond acceptors (Lipinski definition) is 3. The molecule has 0 amide bonds. The summed E-state index contributed by atoms with van der Waals surface area (Å²) >= 11 is 0. The minimum absolute atomic E-state index is 0.340. The lowest BCUT2D eigenvalue weighted by Gasteiger charge is -2.38. The van der Waals surface area contributed by atoms with Gasteiger partial charge in [-0.05, 0) is 45.4 Å². The maximum absolute atomic E-state index is 10.0. The molecule has 1 rings (SSSR count). The third-order valence-electron chi connectivity index (χ3n) is 3.42. The largest absolute Gasteiger partial charge is 0.497 e. The molecule has 1 aromatic rings. The molecule has 1 aromatic carbocycles. The van der Waals surface area contributed by atoms with Crippen molar-refractivity contribution in [1.29, 1.82) is 0 Å². The molecule has 0 spiro atoms. The summed E-state index contributed by atoms with van der Waals surface area (Å²) in [6, 6.07) is 7.92. The van der Waals surface area contributed by atoms with E-state index in [4.69, 9.17) is 4.74 Å². The lowest BCUT2D eigenvalue weighted by molar-refractivity contribution is -0.00531. The van der Waals surface area contributed by atoms with Crippen molar-refractivity contribution in [2.24, 2.45) is 0 Å². The van der Waals surface area contributed by atoms with E-state index in [9.17, 15) is 5.11 Å². The maximum atomic E-state index is 10.0. The number of ether oxygens (including phenoxy) is 1. The van der Waals surface area contributed by atoms with E-state index in [2.05, 4.69) is 5.32 Å². The van der Waals surface area contributed by atoms with Gasteiger partial charge in [0.05, 0.1) is 12.7 Å². The Bertz CT molecular complexity index is 349. The Hall–Kier alpha value is -1.06. The van der Waals surface area contributed by atoms with Crippen LogP contribution in [0.5, 0.6) is 5.75 Å². The highest BCUT2D eigenvalue weighted by molar-refractivity contribution is 5.27. The number of aliphatic hydroxyl groups is 1. The Morgan fingerprint density at radius 1 is 1.12 bits per heavy atom. The topological polar surface area (TPSA) is 41.5 Å². The molecule has 0 saturated heterocycles. The van der Waals surface area contributed by atoms with Gasteiger partial charge in [0.2, 0.25) is 0 Å². The van der Waals surface area contributed by atoms with Crippen molar-refractivity contribution in [2.45, 2.75) is 45.4 Å². The minimum atomic E-state index is -0.764. The highest BCUT2D eigenvalue weighted by Gasteiger charge is 2.34. The third-order valence-corrected chi connectivity index (χ3v) is 3.42. The number of hydrogen-bond donors (Lipinski definition) is 2. The molecule has 17 heavy (non-hydrogen) atoms. The van der Waals surface area contributed by atoms with Crippen LogP contribution in [0.2, 0.25) is 0 Å². The second-order valence-corrected chi connectivity index (χ2v) is 5.39. The van der Waals surface area contributed by atoms with Crippen LogP contribution in [-0.2, 0) is 6.54 Å². The van der Waals surface area contributed by atoms with Crippen LogP contribution >= 0.6 is 0 Å². The van der Waals surface area contributed by atoms with Crippen molar-refractivity contribution in [1.82, 2.24) is 5.32 Å². The molecule has 3 heteroatoms. The smallest absolute Gasteiger partial charge is 0.118 e. The van der Waals surface area contributed by atoms with Crippen LogP contribution in [0.25, 0.3) is 0 Å². The summed E-state index contributed by atoms with van der Waals surface area (Å²) in [5.74, 6) is 0.857. The summed E-state index contributed by atoms with van der Waals surface area (Å²) < 4.78 is 5.11. The first kappa shape index (κ1) is 14.0. The molecule has 3 nitrogen and oxygen atoms in total. The zero-order valence-electron chi connectivity index (χ0n) is 11.4. The molecule has 0 aliphatic heterocycles. The first-order chi connectivity index (χ1) is 7.76. The molecule has 0 atom stereocenters. The Morgan fingerprint density at radius 2 is 1.65 bits per heavy atom. The quantitative estimate of drug-likeness (QED) is 0.826. The predicted octanol–water partition coefficient (Wildman–Crippen LogP) is 2.33. The molecule has 0 aliphatic carbocycles. The normalized spacial score (nSPS) is 12.6. The van der Waals surface area contributed by atoms with Crippen LogP contribution in [0.1, 0.15) is 33.3 Å². The predicted molar refractivity (Wildman–Crippen MR) is 70.2 cm³/mol. The standard InChI is InChI=1S/C14H23NO2/c1-13(2,14(3,4)16)15-10-11-6-8-12(17-5)9-7-11/h6-9,15-16H,10H2,1-5H3. The molecule has 96 valence electrons. The molecule has 0 aliphatic rings. The average molecular weight is 237 g/mol. The maximum Gasteiger partial charge on any atom is 0.118 e. The number of nitrogens with one attached hydrogen (secondary N) is 1. The fraction of sp³-hybridized carbons (Fsp3) is 0.571. The van der Waals surface area contributed by atoms with Gasteiger partial charge < -0.3 is 15.2 Å². The number of methoxy groups -OCH3 is 1. The first-order valence-corrected chi connectivity index (χ1v) is 5.86. The van der Waals surface area contributed by atoms with Gasteiger partial charge in [0.25, 0.3) is 0 Å². The Balaban J connectivity index is 2.61. The van der Waals surface area contributed by atoms with Crippen LogP contribution in [0, 0.1) is 0 Å². The summed E-state index contributed by atoms with van der Waals surface area (Å²) in [4.78, 5) is 0. The van der Waals surface area contributed by atoms with Gasteiger partial charge in [-0.15, -0.1) is 0 Å². The average Bonchev–Trinajstić information content (AvgIpc) is 2.25. The van der Waals surface area contributed by atoms with E-state index in [0.717, 1.165) is 12.3 Å². The van der Waals surface area contributed by atoms with Gasteiger partial charge in [-0.2, -0.15) is 0 Å². The van der Waals surface area contributed by atoms with E-state index in [1.54, 1.807) is 7.11 Å². The molecule has 0 heterocycles. The molecular formula is C14H23NO2. The molecule has 0 radical (unpaired) electrons. The number of benzene rings is 1. The SMILES string of the molecule is COc1ccc(CNC(C)(C)C(C)(C)O)cc1. The zero-order chi connectivity index (χ0) is 13.1. The van der Waals surface area contributed by atoms with Crippen molar-refractivity contribution in [3.05, 3.63) is 29.8 Å². The van der Waals surface area contributed by atoms with Gasteiger partial charge in [0.15, 0.2) is 0 Å². The molecular weight excluding hydrogens is 214 g/mol. The molecule has 2 N–H and O–H groups in total. The van der Waals surface area contributed by atoms with E-state index in [-0.39, 0.29) is 5.54 Å². The monoisotopic (exact) mass is 237 g/mol. The molecule has 0 aromatic heterocycles. The zero-order valence-corrected chi connectivity index (χ0v) is 11.4. The van der Waals surface area contributed by atoms with E-state index >= 15 is 0 Å². The lowest BCUT2D eigenvalue weighted by Crippen LogP contribution is -2.55. The van der Waals surface area contributed by atoms with E-state index in [1.807, 2.05) is 52.0 Å². The minimum Gasteiger partial charge on any atom is -0.497 e. The van der Waals surface area contributed by atoms with Crippen molar-refractivity contribution in [3.63, 3.8) is 0 Å². The van der Waals surface area contributed by atoms with E-state index in [1.165, 1.54) is 5.56 Å². The second kappa shape index (κ2) is 5.07. The van der Waals surface area contributed by atoms with Crippen LogP contribution in [0.4, 0.5) is 0 Å². The van der Waals surface area contributed by atoms with Crippen molar-refractivity contribution in [3.8, 4) is 5.75 Å². The van der Waals surface area contributed by atoms with Crippen LogP contribution in [0.3, 0.4) is 0 Å². The van der Waals surface area contributed by atoms with Gasteiger partial charge in [-0.1, -0.05) is 12.1 Å². The molecule has 0 saturated carbocycles. The number of rotatable bonds is 5. The Morgan fingerprint density at radius 3 is 2.06 bits per heavy atom. The van der Waals surface area contributed by atoms with Gasteiger partial charge >= 0.3 is 0 Å². The van der Waals surface area contributed by atoms with Gasteiger partial charge in [-0.3, -0.25) is 0 Å². The highest BCUT2D eigenvalue weighted by Crippen LogP contribution is 2.21. The van der Waals surface area contributed by atoms with Gasteiger partial charge in [0, 0.05) is 12.1 Å². The molecule has 0 bridgehead atoms. The molecule has 0 unspecified atom stereocenters. The van der Waals surface area contributed by atoms with E-state index in [0.29, 0.717) is 0 Å². The van der Waals surface area contributed by atoms with Gasteiger partial charge in [-0.25, -0.2) is 0 Å². The van der Waals surface area contributed by atoms with Crippen molar-refractivity contribution < 1.29 is 9.84 Å². The van der Waals surface area contributed by atoms with Crippen LogP contribution < -0.4 is 10.1 Å². The highest BCUT2D eigenvalue weighted by atomic mass is 16.5. The Kier molecular flexibility index (Phi) is 4.17. The summed E-state index contributed by atoms with van der Waals surface area (Å²) in [5, 5.41) is 13.4. The third kappa shape index (κ3) is 3.72. The lowest BCUT2D eigenvalue weighted by atomic mass is 9.86. The summed E-state index contributed by atoms with van der Waals surface area (Å²) in [7, 11) is 1.66. The summed E-state index contributed by atoms with van der Waals surface area (Å²) in [6.07, 6.45) is 0. The van der Waals surface area contributed by atoms with E-state index < -0.39 is 5.60 Å². The summed E-state index contributed by atoms with van der Waals surface area (Å²) in [6.45, 7) is 8.34. The van der Waals surface area contributed by atoms with Gasteiger partial charge in [0.1, 0.15) is 5.75 Å². The Labute approximate surface area is 104 Å². The summed E-state index contributed by atoms with van der Waals surface area (Å²) in [5.41, 5.74) is 0.0648. The first-order valence-electron chi connectivity index (χ1n) is 5.86.